The van der Waals surface area contributed by atoms with Gasteiger partial charge in [0.05, 0.1) is 24.9 Å². The van der Waals surface area contributed by atoms with Gasteiger partial charge in [0.2, 0.25) is 0 Å². The Balaban J connectivity index is 1.96. The minimum atomic E-state index is -0.342. The highest BCUT2D eigenvalue weighted by Gasteiger charge is 2.13. The molecule has 110 valence electrons. The number of aromatic nitrogens is 3. The molecule has 1 aromatic carbocycles. The highest BCUT2D eigenvalue weighted by molar-refractivity contribution is 5.91. The number of carbonyl (C=O) groups is 1. The van der Waals surface area contributed by atoms with E-state index < -0.39 is 0 Å². The standard InChI is InChI=1S/C17H15N3O2/c1-22-17(21)15-7-3-2-5-14(15)12-20-16(8-10-19-20)13-6-4-9-18-11-13/h2-11H,12H2,1H3. The molecule has 3 aromatic rings. The van der Waals surface area contributed by atoms with Crippen molar-refractivity contribution in [1.29, 1.82) is 0 Å². The molecule has 3 rings (SSSR count). The molecule has 5 nitrogen and oxygen atoms in total. The lowest BCUT2D eigenvalue weighted by atomic mass is 10.1. The van der Waals surface area contributed by atoms with Gasteiger partial charge in [0.15, 0.2) is 0 Å². The zero-order chi connectivity index (χ0) is 15.4. The van der Waals surface area contributed by atoms with Gasteiger partial charge in [-0.2, -0.15) is 5.10 Å². The van der Waals surface area contributed by atoms with Gasteiger partial charge in [-0.1, -0.05) is 18.2 Å². The molecule has 0 spiro atoms. The molecule has 0 atom stereocenters. The van der Waals surface area contributed by atoms with Gasteiger partial charge < -0.3 is 4.74 Å². The summed E-state index contributed by atoms with van der Waals surface area (Å²) in [5.41, 5.74) is 3.35. The summed E-state index contributed by atoms with van der Waals surface area (Å²) >= 11 is 0. The van der Waals surface area contributed by atoms with Crippen LogP contribution >= 0.6 is 0 Å². The summed E-state index contributed by atoms with van der Waals surface area (Å²) in [4.78, 5) is 16.0. The molecule has 0 fully saturated rings. The normalized spacial score (nSPS) is 10.4. The highest BCUT2D eigenvalue weighted by atomic mass is 16.5. The second-order valence-corrected chi connectivity index (χ2v) is 4.76. The number of carbonyl (C=O) groups excluding carboxylic acids is 1. The van der Waals surface area contributed by atoms with Crippen molar-refractivity contribution < 1.29 is 9.53 Å². The van der Waals surface area contributed by atoms with Gasteiger partial charge in [-0.05, 0) is 29.8 Å². The summed E-state index contributed by atoms with van der Waals surface area (Å²) in [6, 6.07) is 13.2. The van der Waals surface area contributed by atoms with Crippen LogP contribution in [-0.2, 0) is 11.3 Å². The molecule has 5 heteroatoms. The van der Waals surface area contributed by atoms with Crippen molar-refractivity contribution in [2.75, 3.05) is 7.11 Å². The summed E-state index contributed by atoms with van der Waals surface area (Å²) < 4.78 is 6.68. The summed E-state index contributed by atoms with van der Waals surface area (Å²) in [5.74, 6) is -0.342. The second kappa shape index (κ2) is 6.22. The van der Waals surface area contributed by atoms with E-state index in [-0.39, 0.29) is 5.97 Å². The molecule has 0 saturated heterocycles. The molecular formula is C17H15N3O2. The third-order valence-electron chi connectivity index (χ3n) is 3.42. The van der Waals surface area contributed by atoms with E-state index in [9.17, 15) is 4.79 Å². The smallest absolute Gasteiger partial charge is 0.338 e. The summed E-state index contributed by atoms with van der Waals surface area (Å²) in [5, 5.41) is 4.35. The summed E-state index contributed by atoms with van der Waals surface area (Å²) in [6.45, 7) is 0.489. The van der Waals surface area contributed by atoms with Crippen LogP contribution in [-0.4, -0.2) is 27.8 Å². The Morgan fingerprint density at radius 1 is 1.14 bits per heavy atom. The Kier molecular flexibility index (Phi) is 3.96. The fourth-order valence-electron chi connectivity index (χ4n) is 2.35. The minimum Gasteiger partial charge on any atom is -0.465 e. The first-order chi connectivity index (χ1) is 10.8. The zero-order valence-corrected chi connectivity index (χ0v) is 12.1. The minimum absolute atomic E-state index is 0.342. The summed E-state index contributed by atoms with van der Waals surface area (Å²) in [7, 11) is 1.38. The van der Waals surface area contributed by atoms with Crippen molar-refractivity contribution in [3.63, 3.8) is 0 Å². The maximum atomic E-state index is 11.9. The maximum Gasteiger partial charge on any atom is 0.338 e. The van der Waals surface area contributed by atoms with E-state index in [4.69, 9.17) is 4.74 Å². The monoisotopic (exact) mass is 293 g/mol. The zero-order valence-electron chi connectivity index (χ0n) is 12.1. The van der Waals surface area contributed by atoms with E-state index in [1.807, 2.05) is 41.1 Å². The van der Waals surface area contributed by atoms with Crippen molar-refractivity contribution in [2.24, 2.45) is 0 Å². The molecule has 2 heterocycles. The van der Waals surface area contributed by atoms with Crippen molar-refractivity contribution >= 4 is 5.97 Å². The van der Waals surface area contributed by atoms with Gasteiger partial charge in [0, 0.05) is 24.2 Å². The number of benzene rings is 1. The number of ether oxygens (including phenoxy) is 1. The first kappa shape index (κ1) is 14.0. The van der Waals surface area contributed by atoms with Crippen LogP contribution in [0.1, 0.15) is 15.9 Å². The van der Waals surface area contributed by atoms with Crippen LogP contribution in [0.3, 0.4) is 0 Å². The third-order valence-corrected chi connectivity index (χ3v) is 3.42. The number of esters is 1. The average molecular weight is 293 g/mol. The van der Waals surface area contributed by atoms with Crippen molar-refractivity contribution in [2.45, 2.75) is 6.54 Å². The molecule has 0 aliphatic heterocycles. The molecule has 0 amide bonds. The first-order valence-corrected chi connectivity index (χ1v) is 6.88. The van der Waals surface area contributed by atoms with Gasteiger partial charge in [-0.15, -0.1) is 0 Å². The van der Waals surface area contributed by atoms with Crippen LogP contribution in [0.25, 0.3) is 11.3 Å². The predicted octanol–water partition coefficient (Wildman–Crippen LogP) is 2.78. The Hall–Kier alpha value is -2.95. The lowest BCUT2D eigenvalue weighted by Crippen LogP contribution is -2.10. The lowest BCUT2D eigenvalue weighted by molar-refractivity contribution is 0.0599. The van der Waals surface area contributed by atoms with Crippen LogP contribution < -0.4 is 0 Å². The molecule has 0 radical (unpaired) electrons. The van der Waals surface area contributed by atoms with Crippen LogP contribution in [0, 0.1) is 0 Å². The molecule has 0 unspecified atom stereocenters. The molecule has 22 heavy (non-hydrogen) atoms. The largest absolute Gasteiger partial charge is 0.465 e. The van der Waals surface area contributed by atoms with Gasteiger partial charge >= 0.3 is 5.97 Å². The van der Waals surface area contributed by atoms with Crippen molar-refractivity contribution in [3.8, 4) is 11.3 Å². The average Bonchev–Trinajstić information content (AvgIpc) is 3.03. The molecule has 0 aliphatic rings. The van der Waals surface area contributed by atoms with E-state index in [1.165, 1.54) is 7.11 Å². The van der Waals surface area contributed by atoms with Crippen molar-refractivity contribution in [3.05, 3.63) is 72.2 Å². The third kappa shape index (κ3) is 2.74. The Bertz CT molecular complexity index is 781. The van der Waals surface area contributed by atoms with E-state index in [0.29, 0.717) is 12.1 Å². The molecule has 0 saturated carbocycles. The quantitative estimate of drug-likeness (QED) is 0.694. The van der Waals surface area contributed by atoms with E-state index >= 15 is 0 Å². The highest BCUT2D eigenvalue weighted by Crippen LogP contribution is 2.20. The molecule has 0 N–H and O–H groups in total. The van der Waals surface area contributed by atoms with Crippen molar-refractivity contribution in [1.82, 2.24) is 14.8 Å². The fraction of sp³-hybridized carbons (Fsp3) is 0.118. The van der Waals surface area contributed by atoms with Gasteiger partial charge in [0.25, 0.3) is 0 Å². The molecule has 0 bridgehead atoms. The van der Waals surface area contributed by atoms with Gasteiger partial charge in [-0.25, -0.2) is 4.79 Å². The topological polar surface area (TPSA) is 57.0 Å². The molecule has 2 aromatic heterocycles. The van der Waals surface area contributed by atoms with Gasteiger partial charge in [-0.3, -0.25) is 9.67 Å². The number of nitrogens with zero attached hydrogens (tertiary/aromatic N) is 3. The maximum absolute atomic E-state index is 11.9. The number of hydrogen-bond donors (Lipinski definition) is 0. The SMILES string of the molecule is COC(=O)c1ccccc1Cn1nccc1-c1cccnc1. The van der Waals surface area contributed by atoms with E-state index in [1.54, 1.807) is 24.7 Å². The van der Waals surface area contributed by atoms with Crippen LogP contribution in [0.2, 0.25) is 0 Å². The Morgan fingerprint density at radius 2 is 2.00 bits per heavy atom. The lowest BCUT2D eigenvalue weighted by Gasteiger charge is -2.10. The Morgan fingerprint density at radius 3 is 2.77 bits per heavy atom. The van der Waals surface area contributed by atoms with Crippen LogP contribution in [0.5, 0.6) is 0 Å². The molecule has 0 aliphatic carbocycles. The van der Waals surface area contributed by atoms with Crippen LogP contribution in [0.15, 0.2) is 61.1 Å². The molecular weight excluding hydrogens is 278 g/mol. The fourth-order valence-corrected chi connectivity index (χ4v) is 2.35. The van der Waals surface area contributed by atoms with Crippen LogP contribution in [0.4, 0.5) is 0 Å². The summed E-state index contributed by atoms with van der Waals surface area (Å²) in [6.07, 6.45) is 5.26. The number of hydrogen-bond acceptors (Lipinski definition) is 4. The van der Waals surface area contributed by atoms with E-state index in [2.05, 4.69) is 10.1 Å². The first-order valence-electron chi connectivity index (χ1n) is 6.88. The number of rotatable bonds is 4. The number of methoxy groups -OCH3 is 1. The second-order valence-electron chi connectivity index (χ2n) is 4.76. The predicted molar refractivity (Wildman–Crippen MR) is 82.3 cm³/mol. The Labute approximate surface area is 128 Å². The van der Waals surface area contributed by atoms with E-state index in [0.717, 1.165) is 16.8 Å². The number of pyridine rings is 1. The van der Waals surface area contributed by atoms with Gasteiger partial charge in [0.1, 0.15) is 0 Å².